The molecule has 2 aromatic heterocycles. The van der Waals surface area contributed by atoms with E-state index in [1.807, 2.05) is 18.5 Å². The predicted octanol–water partition coefficient (Wildman–Crippen LogP) is 4.09. The first kappa shape index (κ1) is 13.8. The van der Waals surface area contributed by atoms with E-state index in [-0.39, 0.29) is 6.04 Å². The number of pyridine rings is 1. The molecule has 0 radical (unpaired) electrons. The molecule has 3 heteroatoms. The summed E-state index contributed by atoms with van der Waals surface area (Å²) in [4.78, 5) is 4.27. The Hall–Kier alpha value is -2.13. The van der Waals surface area contributed by atoms with Crippen molar-refractivity contribution in [2.24, 2.45) is 0 Å². The molecular weight excluding hydrogens is 260 g/mol. The monoisotopic (exact) mass is 280 g/mol. The first-order valence-corrected chi connectivity index (χ1v) is 7.48. The van der Waals surface area contributed by atoms with Gasteiger partial charge < -0.3 is 9.73 Å². The summed E-state index contributed by atoms with van der Waals surface area (Å²) >= 11 is 0. The van der Waals surface area contributed by atoms with Gasteiger partial charge in [0, 0.05) is 24.2 Å². The van der Waals surface area contributed by atoms with Crippen LogP contribution in [0.2, 0.25) is 0 Å². The Balaban J connectivity index is 2.11. The molecule has 1 aromatic carbocycles. The number of aromatic nitrogens is 1. The summed E-state index contributed by atoms with van der Waals surface area (Å²) in [7, 11) is 0. The third-order valence-electron chi connectivity index (χ3n) is 3.75. The van der Waals surface area contributed by atoms with Crippen LogP contribution in [0.1, 0.15) is 37.0 Å². The molecule has 0 saturated heterocycles. The van der Waals surface area contributed by atoms with Crippen LogP contribution >= 0.6 is 0 Å². The van der Waals surface area contributed by atoms with E-state index in [0.29, 0.717) is 0 Å². The van der Waals surface area contributed by atoms with Crippen LogP contribution < -0.4 is 5.32 Å². The minimum absolute atomic E-state index is 0.0585. The largest absolute Gasteiger partial charge is 0.464 e. The van der Waals surface area contributed by atoms with Crippen molar-refractivity contribution in [3.8, 4) is 0 Å². The average Bonchev–Trinajstić information content (AvgIpc) is 3.01. The SMILES string of the molecule is CCNC(c1ccc(CC)o1)c1cccc2ccncc12. The van der Waals surface area contributed by atoms with Gasteiger partial charge in [-0.25, -0.2) is 0 Å². The van der Waals surface area contributed by atoms with E-state index in [9.17, 15) is 0 Å². The number of nitrogens with zero attached hydrogens (tertiary/aromatic N) is 1. The maximum absolute atomic E-state index is 5.97. The highest BCUT2D eigenvalue weighted by Crippen LogP contribution is 2.29. The van der Waals surface area contributed by atoms with E-state index in [0.717, 1.165) is 24.5 Å². The van der Waals surface area contributed by atoms with Crippen molar-refractivity contribution >= 4 is 10.8 Å². The highest BCUT2D eigenvalue weighted by Gasteiger charge is 2.19. The summed E-state index contributed by atoms with van der Waals surface area (Å²) in [6.45, 7) is 5.09. The summed E-state index contributed by atoms with van der Waals surface area (Å²) in [6, 6.07) is 12.6. The molecule has 2 heterocycles. The maximum atomic E-state index is 5.97. The Morgan fingerprint density at radius 2 is 2.05 bits per heavy atom. The van der Waals surface area contributed by atoms with Gasteiger partial charge in [0.2, 0.25) is 0 Å². The summed E-state index contributed by atoms with van der Waals surface area (Å²) < 4.78 is 5.97. The topological polar surface area (TPSA) is 38.1 Å². The standard InChI is InChI=1S/C18H20N2O/c1-3-14-8-9-17(21-14)18(20-4-2)15-7-5-6-13-10-11-19-12-16(13)15/h5-12,18,20H,3-4H2,1-2H3. The van der Waals surface area contributed by atoms with Crippen molar-refractivity contribution in [2.45, 2.75) is 26.3 Å². The summed E-state index contributed by atoms with van der Waals surface area (Å²) in [5.74, 6) is 1.98. The van der Waals surface area contributed by atoms with Crippen LogP contribution in [-0.2, 0) is 6.42 Å². The molecule has 3 nitrogen and oxygen atoms in total. The fraction of sp³-hybridized carbons (Fsp3) is 0.278. The van der Waals surface area contributed by atoms with Crippen LogP contribution in [0.3, 0.4) is 0 Å². The van der Waals surface area contributed by atoms with E-state index >= 15 is 0 Å². The molecule has 1 N–H and O–H groups in total. The average molecular weight is 280 g/mol. The molecule has 0 amide bonds. The quantitative estimate of drug-likeness (QED) is 0.765. The lowest BCUT2D eigenvalue weighted by molar-refractivity contribution is 0.427. The van der Waals surface area contributed by atoms with Crippen molar-refractivity contribution < 1.29 is 4.42 Å². The van der Waals surface area contributed by atoms with Crippen molar-refractivity contribution in [2.75, 3.05) is 6.54 Å². The van der Waals surface area contributed by atoms with Gasteiger partial charge in [0.1, 0.15) is 11.5 Å². The Morgan fingerprint density at radius 3 is 2.81 bits per heavy atom. The Labute approximate surface area is 125 Å². The van der Waals surface area contributed by atoms with Gasteiger partial charge in [0.25, 0.3) is 0 Å². The van der Waals surface area contributed by atoms with Gasteiger partial charge in [-0.2, -0.15) is 0 Å². The van der Waals surface area contributed by atoms with Gasteiger partial charge >= 0.3 is 0 Å². The molecule has 0 aliphatic carbocycles. The number of hydrogen-bond acceptors (Lipinski definition) is 3. The molecule has 0 aliphatic rings. The summed E-state index contributed by atoms with van der Waals surface area (Å²) in [6.07, 6.45) is 4.67. The normalized spacial score (nSPS) is 12.7. The van der Waals surface area contributed by atoms with E-state index in [1.54, 1.807) is 0 Å². The van der Waals surface area contributed by atoms with Crippen LogP contribution in [0.5, 0.6) is 0 Å². The zero-order chi connectivity index (χ0) is 14.7. The second kappa shape index (κ2) is 6.10. The van der Waals surface area contributed by atoms with E-state index < -0.39 is 0 Å². The first-order chi connectivity index (χ1) is 10.3. The highest BCUT2D eigenvalue weighted by atomic mass is 16.3. The van der Waals surface area contributed by atoms with Crippen LogP contribution in [0.25, 0.3) is 10.8 Å². The first-order valence-electron chi connectivity index (χ1n) is 7.48. The number of furan rings is 1. The number of benzene rings is 1. The minimum atomic E-state index is 0.0585. The molecule has 3 rings (SSSR count). The van der Waals surface area contributed by atoms with Crippen LogP contribution in [0, 0.1) is 0 Å². The zero-order valence-corrected chi connectivity index (χ0v) is 12.5. The molecule has 1 atom stereocenters. The van der Waals surface area contributed by atoms with Gasteiger partial charge in [-0.15, -0.1) is 0 Å². The molecule has 0 aliphatic heterocycles. The predicted molar refractivity (Wildman–Crippen MR) is 85.3 cm³/mol. The fourth-order valence-electron chi connectivity index (χ4n) is 2.70. The molecule has 0 saturated carbocycles. The van der Waals surface area contributed by atoms with E-state index in [2.05, 4.69) is 54.5 Å². The second-order valence-corrected chi connectivity index (χ2v) is 5.09. The third kappa shape index (κ3) is 2.69. The molecule has 0 fully saturated rings. The Morgan fingerprint density at radius 1 is 1.14 bits per heavy atom. The van der Waals surface area contributed by atoms with Crippen LogP contribution in [0.4, 0.5) is 0 Å². The smallest absolute Gasteiger partial charge is 0.125 e. The van der Waals surface area contributed by atoms with Gasteiger partial charge in [-0.05, 0) is 35.7 Å². The Kier molecular flexibility index (Phi) is 4.02. The highest BCUT2D eigenvalue weighted by molar-refractivity contribution is 5.85. The lowest BCUT2D eigenvalue weighted by Gasteiger charge is -2.18. The molecule has 0 spiro atoms. The van der Waals surface area contributed by atoms with Crippen molar-refractivity contribution in [1.29, 1.82) is 0 Å². The van der Waals surface area contributed by atoms with Crippen molar-refractivity contribution in [3.63, 3.8) is 0 Å². The van der Waals surface area contributed by atoms with Crippen LogP contribution in [-0.4, -0.2) is 11.5 Å². The zero-order valence-electron chi connectivity index (χ0n) is 12.5. The Bertz CT molecular complexity index is 727. The molecule has 1 unspecified atom stereocenters. The van der Waals surface area contributed by atoms with Gasteiger partial charge in [0.15, 0.2) is 0 Å². The number of fused-ring (bicyclic) bond motifs is 1. The maximum Gasteiger partial charge on any atom is 0.125 e. The fourth-order valence-corrected chi connectivity index (χ4v) is 2.70. The van der Waals surface area contributed by atoms with Gasteiger partial charge in [0.05, 0.1) is 6.04 Å². The number of hydrogen-bond donors (Lipinski definition) is 1. The number of nitrogens with one attached hydrogen (secondary N) is 1. The lowest BCUT2D eigenvalue weighted by Crippen LogP contribution is -2.21. The van der Waals surface area contributed by atoms with E-state index in [1.165, 1.54) is 16.3 Å². The van der Waals surface area contributed by atoms with E-state index in [4.69, 9.17) is 4.42 Å². The minimum Gasteiger partial charge on any atom is -0.464 e. The molecular formula is C18H20N2O. The molecule has 3 aromatic rings. The number of rotatable bonds is 5. The molecule has 108 valence electrons. The third-order valence-corrected chi connectivity index (χ3v) is 3.75. The summed E-state index contributed by atoms with van der Waals surface area (Å²) in [5.41, 5.74) is 1.21. The van der Waals surface area contributed by atoms with Crippen molar-refractivity contribution in [3.05, 3.63) is 65.9 Å². The molecule has 21 heavy (non-hydrogen) atoms. The summed E-state index contributed by atoms with van der Waals surface area (Å²) in [5, 5.41) is 5.89. The second-order valence-electron chi connectivity index (χ2n) is 5.09. The van der Waals surface area contributed by atoms with Crippen molar-refractivity contribution in [1.82, 2.24) is 10.3 Å². The van der Waals surface area contributed by atoms with Crippen LogP contribution in [0.15, 0.2) is 53.2 Å². The number of aryl methyl sites for hydroxylation is 1. The van der Waals surface area contributed by atoms with Gasteiger partial charge in [-0.3, -0.25) is 4.98 Å². The van der Waals surface area contributed by atoms with Gasteiger partial charge in [-0.1, -0.05) is 32.0 Å². The molecule has 0 bridgehead atoms. The lowest BCUT2D eigenvalue weighted by atomic mass is 9.98.